The molecule has 1 fully saturated rings. The summed E-state index contributed by atoms with van der Waals surface area (Å²) in [6.45, 7) is 3.52. The predicted octanol–water partition coefficient (Wildman–Crippen LogP) is 1.11. The third-order valence-electron chi connectivity index (χ3n) is 3.52. The first-order chi connectivity index (χ1) is 9.06. The van der Waals surface area contributed by atoms with Crippen molar-refractivity contribution in [3.63, 3.8) is 0 Å². The van der Waals surface area contributed by atoms with Gasteiger partial charge >= 0.3 is 0 Å². The molecular formula is C14H20N2O3. The molecule has 5 nitrogen and oxygen atoms in total. The topological polar surface area (TPSA) is 73.6 Å². The zero-order chi connectivity index (χ0) is 13.9. The monoisotopic (exact) mass is 264 g/mol. The number of methoxy groups -OCH3 is 1. The van der Waals surface area contributed by atoms with Crippen LogP contribution in [0.4, 0.5) is 5.69 Å². The largest absolute Gasteiger partial charge is 0.398 e. The predicted molar refractivity (Wildman–Crippen MR) is 73.1 cm³/mol. The highest BCUT2D eigenvalue weighted by atomic mass is 16.5. The number of ether oxygens (including phenoxy) is 2. The lowest BCUT2D eigenvalue weighted by molar-refractivity contribution is -0.0148. The van der Waals surface area contributed by atoms with E-state index in [2.05, 4.69) is 5.32 Å². The average Bonchev–Trinajstić information content (AvgIpc) is 2.88. The second-order valence-corrected chi connectivity index (χ2v) is 4.96. The van der Waals surface area contributed by atoms with Crippen molar-refractivity contribution in [2.24, 2.45) is 0 Å². The molecule has 0 aliphatic carbocycles. The molecule has 3 N–H and O–H groups in total. The van der Waals surface area contributed by atoms with Gasteiger partial charge in [-0.05, 0) is 19.1 Å². The number of hydrogen-bond donors (Lipinski definition) is 2. The van der Waals surface area contributed by atoms with E-state index in [1.54, 1.807) is 19.2 Å². The molecule has 0 aromatic heterocycles. The van der Waals surface area contributed by atoms with Crippen LogP contribution in [0.25, 0.3) is 0 Å². The number of carbonyl (C=O) groups excluding carboxylic acids is 1. The number of nitrogens with one attached hydrogen (secondary N) is 1. The van der Waals surface area contributed by atoms with Gasteiger partial charge < -0.3 is 20.5 Å². The van der Waals surface area contributed by atoms with E-state index in [-0.39, 0.29) is 5.91 Å². The Kier molecular flexibility index (Phi) is 4.07. The van der Waals surface area contributed by atoms with Crippen LogP contribution in [0.1, 0.15) is 22.3 Å². The van der Waals surface area contributed by atoms with Gasteiger partial charge in [0.25, 0.3) is 5.91 Å². The zero-order valence-corrected chi connectivity index (χ0v) is 11.4. The Hall–Kier alpha value is -1.59. The van der Waals surface area contributed by atoms with E-state index >= 15 is 0 Å². The second kappa shape index (κ2) is 5.59. The maximum Gasteiger partial charge on any atom is 0.253 e. The van der Waals surface area contributed by atoms with E-state index in [0.29, 0.717) is 31.0 Å². The summed E-state index contributed by atoms with van der Waals surface area (Å²) in [7, 11) is 1.64. The van der Waals surface area contributed by atoms with Gasteiger partial charge in [0.05, 0.1) is 12.2 Å². The molecule has 0 spiro atoms. The van der Waals surface area contributed by atoms with Gasteiger partial charge in [-0.2, -0.15) is 0 Å². The van der Waals surface area contributed by atoms with E-state index in [1.165, 1.54) is 0 Å². The number of aryl methyl sites for hydroxylation is 1. The minimum absolute atomic E-state index is 0.176. The summed E-state index contributed by atoms with van der Waals surface area (Å²) in [5, 5.41) is 2.88. The summed E-state index contributed by atoms with van der Waals surface area (Å²) in [6.07, 6.45) is 0.785. The number of carbonyl (C=O) groups is 1. The molecule has 1 unspecified atom stereocenters. The Morgan fingerprint density at radius 1 is 1.58 bits per heavy atom. The summed E-state index contributed by atoms with van der Waals surface area (Å²) in [5.41, 5.74) is 7.41. The summed E-state index contributed by atoms with van der Waals surface area (Å²) < 4.78 is 10.8. The maximum absolute atomic E-state index is 12.1. The summed E-state index contributed by atoms with van der Waals surface area (Å²) in [5.74, 6) is -0.176. The lowest BCUT2D eigenvalue weighted by Gasteiger charge is -2.26. The number of anilines is 1. The molecule has 19 heavy (non-hydrogen) atoms. The van der Waals surface area contributed by atoms with Crippen molar-refractivity contribution in [3.05, 3.63) is 29.3 Å². The Bertz CT molecular complexity index is 468. The van der Waals surface area contributed by atoms with Crippen LogP contribution in [0.15, 0.2) is 18.2 Å². The number of rotatable bonds is 4. The molecule has 1 amide bonds. The number of nitrogens with two attached hydrogens (primary N) is 1. The van der Waals surface area contributed by atoms with Crippen LogP contribution >= 0.6 is 0 Å². The van der Waals surface area contributed by atoms with Crippen LogP contribution in [-0.2, 0) is 9.47 Å². The fourth-order valence-corrected chi connectivity index (χ4v) is 2.16. The normalized spacial score (nSPS) is 22.4. The zero-order valence-electron chi connectivity index (χ0n) is 11.4. The highest BCUT2D eigenvalue weighted by Crippen LogP contribution is 2.22. The van der Waals surface area contributed by atoms with E-state index in [0.717, 1.165) is 12.0 Å². The number of benzene rings is 1. The van der Waals surface area contributed by atoms with Gasteiger partial charge in [-0.15, -0.1) is 0 Å². The van der Waals surface area contributed by atoms with E-state index in [4.69, 9.17) is 15.2 Å². The lowest BCUT2D eigenvalue weighted by atomic mass is 10.0. The van der Waals surface area contributed by atoms with Crippen molar-refractivity contribution >= 4 is 11.6 Å². The maximum atomic E-state index is 12.1. The summed E-state index contributed by atoms with van der Waals surface area (Å²) >= 11 is 0. The lowest BCUT2D eigenvalue weighted by Crippen LogP contribution is -2.45. The smallest absolute Gasteiger partial charge is 0.253 e. The molecule has 1 aliphatic rings. The van der Waals surface area contributed by atoms with Gasteiger partial charge in [0.1, 0.15) is 5.60 Å². The first-order valence-corrected chi connectivity index (χ1v) is 6.33. The Morgan fingerprint density at radius 3 is 3.00 bits per heavy atom. The summed E-state index contributed by atoms with van der Waals surface area (Å²) in [4.78, 5) is 12.1. The average molecular weight is 264 g/mol. The number of nitrogen functional groups attached to an aromatic ring is 1. The minimum atomic E-state index is -0.408. The fraction of sp³-hybridized carbons (Fsp3) is 0.500. The Morgan fingerprint density at radius 2 is 2.37 bits per heavy atom. The molecule has 0 bridgehead atoms. The minimum Gasteiger partial charge on any atom is -0.398 e. The molecule has 2 rings (SSSR count). The number of hydrogen-bond acceptors (Lipinski definition) is 4. The highest BCUT2D eigenvalue weighted by molar-refractivity contribution is 5.99. The van der Waals surface area contributed by atoms with Crippen LogP contribution in [-0.4, -0.2) is 38.4 Å². The van der Waals surface area contributed by atoms with E-state index < -0.39 is 5.60 Å². The molecular weight excluding hydrogens is 244 g/mol. The van der Waals surface area contributed by atoms with Crippen LogP contribution in [0.3, 0.4) is 0 Å². The molecule has 1 aliphatic heterocycles. The van der Waals surface area contributed by atoms with E-state index in [1.807, 2.05) is 13.0 Å². The molecule has 104 valence electrons. The van der Waals surface area contributed by atoms with E-state index in [9.17, 15) is 4.79 Å². The van der Waals surface area contributed by atoms with Gasteiger partial charge in [0.2, 0.25) is 0 Å². The van der Waals surface area contributed by atoms with Crippen molar-refractivity contribution < 1.29 is 14.3 Å². The quantitative estimate of drug-likeness (QED) is 0.799. The summed E-state index contributed by atoms with van der Waals surface area (Å²) in [6, 6.07) is 5.41. The molecule has 1 heterocycles. The third-order valence-corrected chi connectivity index (χ3v) is 3.52. The molecule has 0 radical (unpaired) electrons. The Balaban J connectivity index is 2.03. The van der Waals surface area contributed by atoms with Crippen molar-refractivity contribution in [2.45, 2.75) is 18.9 Å². The van der Waals surface area contributed by atoms with Gasteiger partial charge in [-0.1, -0.05) is 11.6 Å². The first kappa shape index (κ1) is 13.8. The SMILES string of the molecule is COC1(CNC(=O)c2cc(C)ccc2N)CCOC1. The van der Waals surface area contributed by atoms with Crippen molar-refractivity contribution in [2.75, 3.05) is 32.6 Å². The van der Waals surface area contributed by atoms with Crippen molar-refractivity contribution in [3.8, 4) is 0 Å². The molecule has 1 aromatic rings. The molecule has 5 heteroatoms. The highest BCUT2D eigenvalue weighted by Gasteiger charge is 2.35. The number of amides is 1. The second-order valence-electron chi connectivity index (χ2n) is 4.96. The molecule has 1 aromatic carbocycles. The van der Waals surface area contributed by atoms with Gasteiger partial charge in [0, 0.05) is 32.4 Å². The Labute approximate surface area is 113 Å². The van der Waals surface area contributed by atoms with Crippen LogP contribution < -0.4 is 11.1 Å². The fourth-order valence-electron chi connectivity index (χ4n) is 2.16. The van der Waals surface area contributed by atoms with Gasteiger partial charge in [-0.3, -0.25) is 4.79 Å². The van der Waals surface area contributed by atoms with Crippen LogP contribution in [0, 0.1) is 6.92 Å². The van der Waals surface area contributed by atoms with Crippen molar-refractivity contribution in [1.29, 1.82) is 0 Å². The van der Waals surface area contributed by atoms with Crippen LogP contribution in [0.2, 0.25) is 0 Å². The van der Waals surface area contributed by atoms with Crippen LogP contribution in [0.5, 0.6) is 0 Å². The third kappa shape index (κ3) is 3.05. The van der Waals surface area contributed by atoms with Crippen molar-refractivity contribution in [1.82, 2.24) is 5.32 Å². The van der Waals surface area contributed by atoms with Gasteiger partial charge in [0.15, 0.2) is 0 Å². The van der Waals surface area contributed by atoms with Gasteiger partial charge in [-0.25, -0.2) is 0 Å². The molecule has 0 saturated carbocycles. The first-order valence-electron chi connectivity index (χ1n) is 6.33. The molecule has 1 atom stereocenters. The molecule has 1 saturated heterocycles. The standard InChI is InChI=1S/C14H20N2O3/c1-10-3-4-12(15)11(7-10)13(17)16-8-14(18-2)5-6-19-9-14/h3-4,7H,5-6,8-9,15H2,1-2H3,(H,16,17).